The fraction of sp³-hybridized carbons (Fsp3) is 0.750. The summed E-state index contributed by atoms with van der Waals surface area (Å²) in [6.07, 6.45) is 6.24. The third-order valence-electron chi connectivity index (χ3n) is 2.22. The Hall–Kier alpha value is -0.840. The van der Waals surface area contributed by atoms with Crippen LogP contribution in [0.5, 0.6) is 11.2 Å². The van der Waals surface area contributed by atoms with Gasteiger partial charge in [0.1, 0.15) is 6.10 Å². The number of aromatic hydroxyl groups is 1. The highest BCUT2D eigenvalue weighted by Crippen LogP contribution is 2.25. The summed E-state index contributed by atoms with van der Waals surface area (Å²) in [4.78, 5) is 3.75. The van der Waals surface area contributed by atoms with Crippen molar-refractivity contribution in [2.24, 2.45) is 0 Å². The number of hydrogen-bond acceptors (Lipinski definition) is 5. The summed E-state index contributed by atoms with van der Waals surface area (Å²) in [5.41, 5.74) is 0. The van der Waals surface area contributed by atoms with Crippen LogP contribution in [-0.4, -0.2) is 20.6 Å². The van der Waals surface area contributed by atoms with Gasteiger partial charge in [0.15, 0.2) is 0 Å². The van der Waals surface area contributed by atoms with Crippen LogP contribution >= 0.6 is 11.5 Å². The van der Waals surface area contributed by atoms with Gasteiger partial charge in [0.2, 0.25) is 0 Å². The Bertz CT molecular complexity index is 271. The van der Waals surface area contributed by atoms with Crippen LogP contribution in [0.4, 0.5) is 0 Å². The number of ether oxygens (including phenoxy) is 1. The van der Waals surface area contributed by atoms with Gasteiger partial charge in [0, 0.05) is 11.5 Å². The maximum absolute atomic E-state index is 8.89. The van der Waals surface area contributed by atoms with Crippen LogP contribution in [0, 0.1) is 0 Å². The van der Waals surface area contributed by atoms with Gasteiger partial charge in [-0.1, -0.05) is 6.42 Å². The predicted octanol–water partition coefficient (Wildman–Crippen LogP) is 1.96. The zero-order valence-corrected chi connectivity index (χ0v) is 8.09. The van der Waals surface area contributed by atoms with E-state index in [-0.39, 0.29) is 12.1 Å². The molecule has 0 saturated heterocycles. The normalized spacial score (nSPS) is 18.8. The summed E-state index contributed by atoms with van der Waals surface area (Å²) < 4.78 is 9.20. The lowest BCUT2D eigenvalue weighted by molar-refractivity contribution is 0.153. The minimum atomic E-state index is -0.184. The van der Waals surface area contributed by atoms with E-state index in [0.717, 1.165) is 24.4 Å². The van der Waals surface area contributed by atoms with Crippen LogP contribution in [-0.2, 0) is 0 Å². The molecule has 0 amide bonds. The fourth-order valence-electron chi connectivity index (χ4n) is 1.58. The smallest absolute Gasteiger partial charge is 0.329 e. The minimum absolute atomic E-state index is 0.184. The maximum Gasteiger partial charge on any atom is 0.329 e. The second kappa shape index (κ2) is 3.91. The molecule has 1 N–H and O–H groups in total. The minimum Gasteiger partial charge on any atom is -0.478 e. The standard InChI is InChI=1S/C8H12N2O2S/c11-7-9-8(13-10-7)12-6-4-2-1-3-5-6/h6H,1-5H2,(H,10,11). The van der Waals surface area contributed by atoms with Gasteiger partial charge in [0.05, 0.1) is 0 Å². The number of nitrogens with zero attached hydrogens (tertiary/aromatic N) is 2. The Labute approximate surface area is 80.7 Å². The van der Waals surface area contributed by atoms with Crippen LogP contribution in [0.2, 0.25) is 0 Å². The molecule has 0 unspecified atom stereocenters. The Morgan fingerprint density at radius 2 is 2.08 bits per heavy atom. The first-order chi connectivity index (χ1) is 6.34. The monoisotopic (exact) mass is 200 g/mol. The van der Waals surface area contributed by atoms with E-state index in [1.807, 2.05) is 0 Å². The second-order valence-corrected chi connectivity index (χ2v) is 3.95. The van der Waals surface area contributed by atoms with E-state index < -0.39 is 0 Å². The van der Waals surface area contributed by atoms with Crippen molar-refractivity contribution in [3.63, 3.8) is 0 Å². The molecule has 5 heteroatoms. The van der Waals surface area contributed by atoms with E-state index in [9.17, 15) is 0 Å². The van der Waals surface area contributed by atoms with Crippen LogP contribution in [0.1, 0.15) is 32.1 Å². The third-order valence-corrected chi connectivity index (χ3v) is 2.81. The Morgan fingerprint density at radius 3 is 2.69 bits per heavy atom. The summed E-state index contributed by atoms with van der Waals surface area (Å²) in [5, 5.41) is 9.38. The molecular formula is C8H12N2O2S. The summed E-state index contributed by atoms with van der Waals surface area (Å²) in [6, 6.07) is -0.184. The first kappa shape index (κ1) is 8.74. The molecule has 0 radical (unpaired) electrons. The molecule has 0 bridgehead atoms. The Kier molecular flexibility index (Phi) is 2.63. The van der Waals surface area contributed by atoms with Gasteiger partial charge in [-0.15, -0.1) is 9.36 Å². The molecule has 1 saturated carbocycles. The largest absolute Gasteiger partial charge is 0.478 e. The summed E-state index contributed by atoms with van der Waals surface area (Å²) in [7, 11) is 0. The van der Waals surface area contributed by atoms with E-state index in [4.69, 9.17) is 9.84 Å². The van der Waals surface area contributed by atoms with Crippen molar-refractivity contribution < 1.29 is 9.84 Å². The Morgan fingerprint density at radius 1 is 1.31 bits per heavy atom. The van der Waals surface area contributed by atoms with Crippen molar-refractivity contribution in [3.8, 4) is 11.2 Å². The molecule has 1 aromatic rings. The van der Waals surface area contributed by atoms with Gasteiger partial charge < -0.3 is 9.84 Å². The SMILES string of the molecule is Oc1nsc(OC2CCCCC2)n1. The quantitative estimate of drug-likeness (QED) is 0.792. The predicted molar refractivity (Wildman–Crippen MR) is 49.1 cm³/mol. The molecule has 1 aliphatic carbocycles. The molecule has 1 aliphatic rings. The van der Waals surface area contributed by atoms with Crippen molar-refractivity contribution in [2.45, 2.75) is 38.2 Å². The lowest BCUT2D eigenvalue weighted by atomic mass is 9.98. The van der Waals surface area contributed by atoms with E-state index in [1.165, 1.54) is 19.3 Å². The first-order valence-corrected chi connectivity index (χ1v) is 5.31. The van der Waals surface area contributed by atoms with Crippen molar-refractivity contribution >= 4 is 11.5 Å². The summed E-state index contributed by atoms with van der Waals surface area (Å²) in [6.45, 7) is 0. The maximum atomic E-state index is 8.89. The van der Waals surface area contributed by atoms with Gasteiger partial charge >= 0.3 is 6.01 Å². The fourth-order valence-corrected chi connectivity index (χ4v) is 2.08. The summed E-state index contributed by atoms with van der Waals surface area (Å²) in [5.74, 6) is 0. The number of aromatic nitrogens is 2. The molecule has 2 rings (SSSR count). The molecule has 1 fully saturated rings. The molecule has 0 aliphatic heterocycles. The zero-order valence-electron chi connectivity index (χ0n) is 7.27. The van der Waals surface area contributed by atoms with Crippen LogP contribution in [0.15, 0.2) is 0 Å². The van der Waals surface area contributed by atoms with Gasteiger partial charge in [-0.25, -0.2) is 0 Å². The van der Waals surface area contributed by atoms with E-state index in [1.54, 1.807) is 0 Å². The van der Waals surface area contributed by atoms with Crippen molar-refractivity contribution in [3.05, 3.63) is 0 Å². The highest BCUT2D eigenvalue weighted by Gasteiger charge is 2.16. The molecule has 0 atom stereocenters. The van der Waals surface area contributed by atoms with Gasteiger partial charge in [0.25, 0.3) is 5.19 Å². The molecule has 0 aromatic carbocycles. The molecular weight excluding hydrogens is 188 g/mol. The first-order valence-electron chi connectivity index (χ1n) is 4.54. The second-order valence-electron chi connectivity index (χ2n) is 3.24. The van der Waals surface area contributed by atoms with Gasteiger partial charge in [-0.05, 0) is 25.7 Å². The molecule has 0 spiro atoms. The van der Waals surface area contributed by atoms with Crippen molar-refractivity contribution in [1.29, 1.82) is 0 Å². The lowest BCUT2D eigenvalue weighted by Crippen LogP contribution is -2.19. The highest BCUT2D eigenvalue weighted by atomic mass is 32.1. The topological polar surface area (TPSA) is 55.2 Å². The average Bonchev–Trinajstić information content (AvgIpc) is 2.53. The highest BCUT2D eigenvalue weighted by molar-refractivity contribution is 7.07. The van der Waals surface area contributed by atoms with Crippen LogP contribution in [0.25, 0.3) is 0 Å². The Balaban J connectivity index is 1.89. The lowest BCUT2D eigenvalue weighted by Gasteiger charge is -2.20. The number of hydrogen-bond donors (Lipinski definition) is 1. The van der Waals surface area contributed by atoms with Crippen LogP contribution in [0.3, 0.4) is 0 Å². The zero-order chi connectivity index (χ0) is 9.10. The van der Waals surface area contributed by atoms with Gasteiger partial charge in [-0.3, -0.25) is 0 Å². The molecule has 1 aromatic heterocycles. The van der Waals surface area contributed by atoms with Gasteiger partial charge in [-0.2, -0.15) is 0 Å². The van der Waals surface area contributed by atoms with E-state index >= 15 is 0 Å². The summed E-state index contributed by atoms with van der Waals surface area (Å²) >= 11 is 1.11. The van der Waals surface area contributed by atoms with E-state index in [0.29, 0.717) is 5.19 Å². The average molecular weight is 200 g/mol. The molecule has 72 valence electrons. The molecule has 1 heterocycles. The van der Waals surface area contributed by atoms with E-state index in [2.05, 4.69) is 9.36 Å². The number of rotatable bonds is 2. The molecule has 4 nitrogen and oxygen atoms in total. The van der Waals surface area contributed by atoms with Crippen LogP contribution < -0.4 is 4.74 Å². The molecule has 13 heavy (non-hydrogen) atoms. The van der Waals surface area contributed by atoms with Crippen molar-refractivity contribution in [2.75, 3.05) is 0 Å². The van der Waals surface area contributed by atoms with Crippen molar-refractivity contribution in [1.82, 2.24) is 9.36 Å². The third kappa shape index (κ3) is 2.30.